The first-order valence-corrected chi connectivity index (χ1v) is 12.3. The molecule has 0 amide bonds. The number of esters is 1. The van der Waals surface area contributed by atoms with Gasteiger partial charge in [0.2, 0.25) is 0 Å². The van der Waals surface area contributed by atoms with Crippen LogP contribution in [0.15, 0.2) is 4.42 Å². The third-order valence-electron chi connectivity index (χ3n) is 5.95. The molecule has 1 aromatic rings. The van der Waals surface area contributed by atoms with Crippen LogP contribution in [0.4, 0.5) is 0 Å². The molecule has 1 aromatic heterocycles. The zero-order valence-corrected chi connectivity index (χ0v) is 21.3. The summed E-state index contributed by atoms with van der Waals surface area (Å²) in [6, 6.07) is 0. The van der Waals surface area contributed by atoms with Crippen LogP contribution in [0.3, 0.4) is 0 Å². The Morgan fingerprint density at radius 2 is 1.44 bits per heavy atom. The Bertz CT molecular complexity index is 702. The van der Waals surface area contributed by atoms with E-state index in [1.54, 1.807) is 0 Å². The molecule has 1 N–H and O–H groups in total. The van der Waals surface area contributed by atoms with Gasteiger partial charge in [-0.05, 0) is 37.8 Å². The molecule has 0 bridgehead atoms. The summed E-state index contributed by atoms with van der Waals surface area (Å²) in [5.41, 5.74) is 2.64. The highest BCUT2D eigenvalue weighted by atomic mass is 16.5. The zero-order chi connectivity index (χ0) is 24.1. The van der Waals surface area contributed by atoms with Crippen LogP contribution in [0.2, 0.25) is 0 Å². The van der Waals surface area contributed by atoms with E-state index in [4.69, 9.17) is 14.3 Å². The minimum absolute atomic E-state index is 0.139. The minimum atomic E-state index is -0.934. The van der Waals surface area contributed by atoms with Crippen LogP contribution in [0.25, 0.3) is 0 Å². The van der Waals surface area contributed by atoms with Crippen molar-refractivity contribution in [3.63, 3.8) is 0 Å². The van der Waals surface area contributed by atoms with E-state index in [1.807, 2.05) is 21.1 Å². The second-order valence-corrected chi connectivity index (χ2v) is 10.1. The molecule has 1 heterocycles. The summed E-state index contributed by atoms with van der Waals surface area (Å²) in [5.74, 6) is 1.08. The van der Waals surface area contributed by atoms with Crippen molar-refractivity contribution in [1.29, 1.82) is 0 Å². The Morgan fingerprint density at radius 3 is 1.94 bits per heavy atom. The Kier molecular flexibility index (Phi) is 12.7. The third-order valence-corrected chi connectivity index (χ3v) is 5.95. The fraction of sp³-hybridized carbons (Fsp3) is 0.769. The minimum Gasteiger partial charge on any atom is -0.481 e. The Labute approximate surface area is 194 Å². The summed E-state index contributed by atoms with van der Waals surface area (Å²) in [5, 5.41) is 9.03. The predicted molar refractivity (Wildman–Crippen MR) is 128 cm³/mol. The molecule has 1 rings (SSSR count). The lowest BCUT2D eigenvalue weighted by atomic mass is 10.0. The maximum atomic E-state index is 12.1. The number of hydrogen-bond donors (Lipinski definition) is 1. The molecule has 1 atom stereocenters. The van der Waals surface area contributed by atoms with Gasteiger partial charge in [-0.2, -0.15) is 0 Å². The quantitative estimate of drug-likeness (QED) is 0.189. The summed E-state index contributed by atoms with van der Waals surface area (Å²) in [7, 11) is 5.89. The van der Waals surface area contributed by atoms with Crippen molar-refractivity contribution in [1.82, 2.24) is 0 Å². The first kappa shape index (κ1) is 28.2. The third kappa shape index (κ3) is 11.7. The Morgan fingerprint density at radius 1 is 0.906 bits per heavy atom. The lowest BCUT2D eigenvalue weighted by Crippen LogP contribution is -2.43. The van der Waals surface area contributed by atoms with Gasteiger partial charge in [0.05, 0.1) is 27.6 Å². The summed E-state index contributed by atoms with van der Waals surface area (Å²) < 4.78 is 12.0. The lowest BCUT2D eigenvalue weighted by molar-refractivity contribution is -0.873. The monoisotopic (exact) mass is 452 g/mol. The van der Waals surface area contributed by atoms with Crippen molar-refractivity contribution >= 4 is 11.9 Å². The number of nitrogens with zero attached hydrogens (tertiary/aromatic N) is 1. The zero-order valence-electron chi connectivity index (χ0n) is 21.3. The fourth-order valence-electron chi connectivity index (χ4n) is 4.11. The van der Waals surface area contributed by atoms with Crippen LogP contribution in [0.1, 0.15) is 93.8 Å². The number of quaternary nitrogens is 1. The van der Waals surface area contributed by atoms with E-state index in [9.17, 15) is 9.59 Å². The van der Waals surface area contributed by atoms with Crippen LogP contribution in [-0.4, -0.2) is 55.3 Å². The lowest BCUT2D eigenvalue weighted by Gasteiger charge is -2.28. The number of carbonyl (C=O) groups is 2. The molecular formula is C26H46NO5+. The number of carboxylic acid groups (broad SMARTS) is 1. The van der Waals surface area contributed by atoms with E-state index in [0.29, 0.717) is 17.4 Å². The molecule has 0 radical (unpaired) electrons. The second kappa shape index (κ2) is 14.4. The molecule has 1 unspecified atom stereocenters. The van der Waals surface area contributed by atoms with Gasteiger partial charge in [0.15, 0.2) is 6.10 Å². The molecule has 0 aliphatic carbocycles. The average Bonchev–Trinajstić information content (AvgIpc) is 2.95. The molecule has 0 aliphatic rings. The van der Waals surface area contributed by atoms with Crippen LogP contribution in [0, 0.1) is 13.8 Å². The smallest absolute Gasteiger partial charge is 0.307 e. The molecule has 0 aromatic carbocycles. The van der Waals surface area contributed by atoms with Crippen molar-refractivity contribution in [2.24, 2.45) is 0 Å². The van der Waals surface area contributed by atoms with Gasteiger partial charge in [-0.3, -0.25) is 9.59 Å². The number of furan rings is 1. The Hall–Kier alpha value is -1.82. The molecule has 0 spiro atoms. The van der Waals surface area contributed by atoms with Gasteiger partial charge in [-0.25, -0.2) is 0 Å². The van der Waals surface area contributed by atoms with Gasteiger partial charge in [0, 0.05) is 19.3 Å². The van der Waals surface area contributed by atoms with Crippen LogP contribution < -0.4 is 0 Å². The SMILES string of the molecule is CCc1oc(CCCCCCCCCCC(=O)OC(CC(=O)O)C[N+](C)(C)C)c(C)c1C. The van der Waals surface area contributed by atoms with Gasteiger partial charge in [-0.1, -0.05) is 45.4 Å². The molecule has 0 aliphatic heterocycles. The highest BCUT2D eigenvalue weighted by molar-refractivity contribution is 5.71. The van der Waals surface area contributed by atoms with Crippen molar-refractivity contribution < 1.29 is 28.3 Å². The van der Waals surface area contributed by atoms with E-state index >= 15 is 0 Å². The van der Waals surface area contributed by atoms with E-state index in [0.717, 1.165) is 37.9 Å². The number of rotatable bonds is 17. The van der Waals surface area contributed by atoms with Crippen molar-refractivity contribution in [2.75, 3.05) is 27.7 Å². The number of carbonyl (C=O) groups excluding carboxylic acids is 1. The molecule has 6 nitrogen and oxygen atoms in total. The van der Waals surface area contributed by atoms with Gasteiger partial charge in [0.1, 0.15) is 18.1 Å². The van der Waals surface area contributed by atoms with Gasteiger partial charge >= 0.3 is 11.9 Å². The normalized spacial score (nSPS) is 12.7. The average molecular weight is 453 g/mol. The van der Waals surface area contributed by atoms with Gasteiger partial charge in [-0.15, -0.1) is 0 Å². The number of likely N-dealkylation sites (N-methyl/N-ethyl adjacent to an activating group) is 1. The molecule has 0 saturated heterocycles. The highest BCUT2D eigenvalue weighted by Gasteiger charge is 2.24. The topological polar surface area (TPSA) is 76.7 Å². The summed E-state index contributed by atoms with van der Waals surface area (Å²) >= 11 is 0. The summed E-state index contributed by atoms with van der Waals surface area (Å²) in [6.45, 7) is 6.96. The fourth-order valence-corrected chi connectivity index (χ4v) is 4.11. The van der Waals surface area contributed by atoms with Gasteiger partial charge < -0.3 is 18.7 Å². The molecule has 6 heteroatoms. The number of unbranched alkanes of at least 4 members (excludes halogenated alkanes) is 7. The van der Waals surface area contributed by atoms with E-state index < -0.39 is 12.1 Å². The van der Waals surface area contributed by atoms with Crippen LogP contribution in [0.5, 0.6) is 0 Å². The number of hydrogen-bond acceptors (Lipinski definition) is 4. The van der Waals surface area contributed by atoms with Crippen LogP contribution >= 0.6 is 0 Å². The van der Waals surface area contributed by atoms with E-state index in [-0.39, 0.29) is 12.4 Å². The van der Waals surface area contributed by atoms with Crippen molar-refractivity contribution in [3.8, 4) is 0 Å². The van der Waals surface area contributed by atoms with E-state index in [2.05, 4.69) is 20.8 Å². The highest BCUT2D eigenvalue weighted by Crippen LogP contribution is 2.23. The number of ether oxygens (including phenoxy) is 1. The largest absolute Gasteiger partial charge is 0.481 e. The van der Waals surface area contributed by atoms with Crippen molar-refractivity contribution in [2.45, 2.75) is 104 Å². The maximum absolute atomic E-state index is 12.1. The molecule has 0 fully saturated rings. The van der Waals surface area contributed by atoms with Gasteiger partial charge in [0.25, 0.3) is 0 Å². The first-order chi connectivity index (χ1) is 15.0. The van der Waals surface area contributed by atoms with Crippen LogP contribution in [-0.2, 0) is 27.2 Å². The predicted octanol–water partition coefficient (Wildman–Crippen LogP) is 5.60. The second-order valence-electron chi connectivity index (χ2n) is 10.1. The molecule has 184 valence electrons. The number of carboxylic acids is 1. The molecular weight excluding hydrogens is 406 g/mol. The summed E-state index contributed by atoms with van der Waals surface area (Å²) in [6.07, 6.45) is 10.7. The number of aryl methyl sites for hydroxylation is 2. The summed E-state index contributed by atoms with van der Waals surface area (Å²) in [4.78, 5) is 23.1. The first-order valence-electron chi connectivity index (χ1n) is 12.3. The Balaban J connectivity index is 2.09. The maximum Gasteiger partial charge on any atom is 0.307 e. The van der Waals surface area contributed by atoms with Crippen molar-refractivity contribution in [3.05, 3.63) is 22.6 Å². The molecule has 0 saturated carbocycles. The van der Waals surface area contributed by atoms with E-state index in [1.165, 1.54) is 49.0 Å². The number of aliphatic carboxylic acids is 1. The molecule has 32 heavy (non-hydrogen) atoms. The standard InChI is InChI=1S/C26H45NO5/c1-7-23-20(2)21(3)24(32-23)16-14-12-10-8-9-11-13-15-17-26(30)31-22(18-25(28)29)19-27(4,5)6/h22H,7-19H2,1-6H3/p+1.